The van der Waals surface area contributed by atoms with Crippen molar-refractivity contribution < 1.29 is 17.9 Å². The molecule has 0 aliphatic carbocycles. The summed E-state index contributed by atoms with van der Waals surface area (Å²) in [5.41, 5.74) is -0.516. The number of pyridine rings is 1. The fourth-order valence-electron chi connectivity index (χ4n) is 1.33. The SMILES string of the molecule is O=S(=O)(Nc1c(O)cccc1F)c1ccc(Cl)nc1. The number of phenolic OH excluding ortho intramolecular Hbond substituents is 1. The smallest absolute Gasteiger partial charge is 0.263 e. The number of nitrogens with zero attached hydrogens (tertiary/aromatic N) is 1. The number of aromatic hydroxyl groups is 1. The van der Waals surface area contributed by atoms with Crippen LogP contribution in [-0.4, -0.2) is 18.5 Å². The summed E-state index contributed by atoms with van der Waals surface area (Å²) in [6, 6.07) is 5.96. The van der Waals surface area contributed by atoms with E-state index < -0.39 is 27.3 Å². The van der Waals surface area contributed by atoms with Gasteiger partial charge in [0.15, 0.2) is 5.82 Å². The Morgan fingerprint density at radius 2 is 2.00 bits per heavy atom. The van der Waals surface area contributed by atoms with Crippen LogP contribution in [0.25, 0.3) is 0 Å². The number of halogens is 2. The Kier molecular flexibility index (Phi) is 3.59. The van der Waals surface area contributed by atoms with Crippen LogP contribution in [0.15, 0.2) is 41.4 Å². The van der Waals surface area contributed by atoms with Crippen molar-refractivity contribution in [2.45, 2.75) is 4.90 Å². The first-order valence-corrected chi connectivity index (χ1v) is 6.88. The van der Waals surface area contributed by atoms with E-state index in [1.165, 1.54) is 24.3 Å². The number of sulfonamides is 1. The van der Waals surface area contributed by atoms with E-state index in [-0.39, 0.29) is 10.0 Å². The van der Waals surface area contributed by atoms with Crippen molar-refractivity contribution in [1.29, 1.82) is 0 Å². The normalized spacial score (nSPS) is 11.3. The van der Waals surface area contributed by atoms with Crippen LogP contribution in [0.2, 0.25) is 5.15 Å². The highest BCUT2D eigenvalue weighted by Gasteiger charge is 2.19. The zero-order valence-electron chi connectivity index (χ0n) is 9.34. The molecule has 19 heavy (non-hydrogen) atoms. The van der Waals surface area contributed by atoms with Crippen LogP contribution in [0.5, 0.6) is 5.75 Å². The Morgan fingerprint density at radius 1 is 1.26 bits per heavy atom. The van der Waals surface area contributed by atoms with Gasteiger partial charge in [-0.05, 0) is 24.3 Å². The molecular weight excluding hydrogens is 295 g/mol. The van der Waals surface area contributed by atoms with E-state index in [0.29, 0.717) is 0 Å². The summed E-state index contributed by atoms with van der Waals surface area (Å²) in [4.78, 5) is 3.43. The van der Waals surface area contributed by atoms with Gasteiger partial charge in [0.2, 0.25) is 0 Å². The molecule has 0 atom stereocenters. The average molecular weight is 303 g/mol. The minimum absolute atomic E-state index is 0.132. The fourth-order valence-corrected chi connectivity index (χ4v) is 2.47. The molecule has 0 saturated heterocycles. The molecule has 100 valence electrons. The molecule has 0 spiro atoms. The minimum atomic E-state index is -4.05. The van der Waals surface area contributed by atoms with Gasteiger partial charge in [-0.25, -0.2) is 17.8 Å². The van der Waals surface area contributed by atoms with Gasteiger partial charge in [-0.3, -0.25) is 4.72 Å². The summed E-state index contributed by atoms with van der Waals surface area (Å²) in [7, 11) is -4.05. The number of para-hydroxylation sites is 1. The molecule has 0 radical (unpaired) electrons. The number of hydrogen-bond donors (Lipinski definition) is 2. The standard InChI is InChI=1S/C11H8ClFN2O3S/c12-10-5-4-7(6-14-10)19(17,18)15-11-8(13)2-1-3-9(11)16/h1-6,15-16H. The second-order valence-electron chi connectivity index (χ2n) is 3.56. The highest BCUT2D eigenvalue weighted by molar-refractivity contribution is 7.92. The van der Waals surface area contributed by atoms with Gasteiger partial charge in [-0.2, -0.15) is 0 Å². The Hall–Kier alpha value is -1.86. The Bertz CT molecular complexity index is 684. The first kappa shape index (κ1) is 13.6. The van der Waals surface area contributed by atoms with Crippen LogP contribution in [0.1, 0.15) is 0 Å². The fraction of sp³-hybridized carbons (Fsp3) is 0. The summed E-state index contributed by atoms with van der Waals surface area (Å²) in [6.07, 6.45) is 1.03. The second kappa shape index (κ2) is 5.02. The van der Waals surface area contributed by atoms with Crippen LogP contribution in [0.3, 0.4) is 0 Å². The molecule has 0 amide bonds. The summed E-state index contributed by atoms with van der Waals surface area (Å²) >= 11 is 5.55. The number of aromatic nitrogens is 1. The largest absolute Gasteiger partial charge is 0.506 e. The van der Waals surface area contributed by atoms with E-state index in [9.17, 15) is 17.9 Å². The highest BCUT2D eigenvalue weighted by atomic mass is 35.5. The molecule has 1 heterocycles. The van der Waals surface area contributed by atoms with Crippen molar-refractivity contribution in [3.63, 3.8) is 0 Å². The first-order valence-electron chi connectivity index (χ1n) is 5.02. The molecule has 0 aliphatic rings. The Morgan fingerprint density at radius 3 is 2.58 bits per heavy atom. The summed E-state index contributed by atoms with van der Waals surface area (Å²) in [5, 5.41) is 9.57. The third-order valence-electron chi connectivity index (χ3n) is 2.24. The van der Waals surface area contributed by atoms with E-state index in [4.69, 9.17) is 11.6 Å². The van der Waals surface area contributed by atoms with E-state index in [1.807, 2.05) is 4.72 Å². The zero-order valence-corrected chi connectivity index (χ0v) is 10.9. The number of nitrogens with one attached hydrogen (secondary N) is 1. The van der Waals surface area contributed by atoms with Gasteiger partial charge in [0.1, 0.15) is 21.5 Å². The van der Waals surface area contributed by atoms with Gasteiger partial charge < -0.3 is 5.11 Å². The number of hydrogen-bond acceptors (Lipinski definition) is 4. The van der Waals surface area contributed by atoms with Crippen LogP contribution in [-0.2, 0) is 10.0 Å². The van der Waals surface area contributed by atoms with Crippen molar-refractivity contribution >= 4 is 27.3 Å². The van der Waals surface area contributed by atoms with E-state index in [1.54, 1.807) is 0 Å². The molecule has 0 saturated carbocycles. The lowest BCUT2D eigenvalue weighted by atomic mass is 10.3. The van der Waals surface area contributed by atoms with Crippen LogP contribution in [0.4, 0.5) is 10.1 Å². The molecule has 8 heteroatoms. The van der Waals surface area contributed by atoms with Crippen molar-refractivity contribution in [2.24, 2.45) is 0 Å². The maximum Gasteiger partial charge on any atom is 0.263 e. The van der Waals surface area contributed by atoms with Crippen LogP contribution < -0.4 is 4.72 Å². The van der Waals surface area contributed by atoms with Crippen molar-refractivity contribution in [1.82, 2.24) is 4.98 Å². The third-order valence-corrected chi connectivity index (χ3v) is 3.80. The summed E-state index contributed by atoms with van der Waals surface area (Å²) in [6.45, 7) is 0. The number of benzene rings is 1. The molecule has 1 aromatic heterocycles. The number of anilines is 1. The summed E-state index contributed by atoms with van der Waals surface area (Å²) in [5.74, 6) is -1.39. The molecular formula is C11H8ClFN2O3S. The summed E-state index contributed by atoms with van der Waals surface area (Å²) < 4.78 is 39.3. The number of rotatable bonds is 3. The van der Waals surface area contributed by atoms with Gasteiger partial charge >= 0.3 is 0 Å². The molecule has 2 aromatic rings. The van der Waals surface area contributed by atoms with Crippen LogP contribution in [0, 0.1) is 5.82 Å². The van der Waals surface area contributed by atoms with Gasteiger partial charge in [-0.1, -0.05) is 17.7 Å². The Balaban J connectivity index is 2.39. The van der Waals surface area contributed by atoms with Crippen molar-refractivity contribution in [3.8, 4) is 5.75 Å². The third kappa shape index (κ3) is 2.94. The molecule has 0 aliphatic heterocycles. The predicted octanol–water partition coefficient (Wildman–Crippen LogP) is 2.38. The quantitative estimate of drug-likeness (QED) is 0.674. The molecule has 2 N–H and O–H groups in total. The second-order valence-corrected chi connectivity index (χ2v) is 5.63. The van der Waals surface area contributed by atoms with E-state index >= 15 is 0 Å². The van der Waals surface area contributed by atoms with Crippen molar-refractivity contribution in [3.05, 3.63) is 47.5 Å². The maximum atomic E-state index is 13.4. The van der Waals surface area contributed by atoms with E-state index in [0.717, 1.165) is 12.3 Å². The van der Waals surface area contributed by atoms with Gasteiger partial charge in [0.05, 0.1) is 0 Å². The molecule has 2 rings (SSSR count). The lowest BCUT2D eigenvalue weighted by Crippen LogP contribution is -2.14. The monoisotopic (exact) mass is 302 g/mol. The first-order chi connectivity index (χ1) is 8.90. The zero-order chi connectivity index (χ0) is 14.0. The van der Waals surface area contributed by atoms with Gasteiger partial charge in [0.25, 0.3) is 10.0 Å². The van der Waals surface area contributed by atoms with Gasteiger partial charge in [-0.15, -0.1) is 0 Å². The minimum Gasteiger partial charge on any atom is -0.506 e. The molecule has 0 unspecified atom stereocenters. The predicted molar refractivity (Wildman–Crippen MR) is 68.1 cm³/mol. The van der Waals surface area contributed by atoms with E-state index in [2.05, 4.69) is 4.98 Å². The number of phenols is 1. The molecule has 1 aromatic carbocycles. The lowest BCUT2D eigenvalue weighted by Gasteiger charge is -2.10. The molecule has 5 nitrogen and oxygen atoms in total. The van der Waals surface area contributed by atoms with Crippen molar-refractivity contribution in [2.75, 3.05) is 4.72 Å². The van der Waals surface area contributed by atoms with Gasteiger partial charge in [0, 0.05) is 6.20 Å². The Labute approximate surface area is 113 Å². The molecule has 0 fully saturated rings. The topological polar surface area (TPSA) is 79.3 Å². The highest BCUT2D eigenvalue weighted by Crippen LogP contribution is 2.28. The maximum absolute atomic E-state index is 13.4. The average Bonchev–Trinajstić information content (AvgIpc) is 2.35. The lowest BCUT2D eigenvalue weighted by molar-refractivity contribution is 0.472. The molecule has 0 bridgehead atoms. The van der Waals surface area contributed by atoms with Crippen LogP contribution >= 0.6 is 11.6 Å².